The molecule has 0 aromatic heterocycles. The molecule has 0 saturated carbocycles. The number of amides is 1. The lowest BCUT2D eigenvalue weighted by atomic mass is 10.2. The fourth-order valence-corrected chi connectivity index (χ4v) is 2.75. The summed E-state index contributed by atoms with van der Waals surface area (Å²) in [6.07, 6.45) is 7.35. The zero-order valence-corrected chi connectivity index (χ0v) is 12.0. The Morgan fingerprint density at radius 3 is 2.70 bits per heavy atom. The van der Waals surface area contributed by atoms with E-state index in [-0.39, 0.29) is 12.7 Å². The molecule has 1 aliphatic heterocycles. The Morgan fingerprint density at radius 2 is 2.00 bits per heavy atom. The van der Waals surface area contributed by atoms with E-state index in [4.69, 9.17) is 27.9 Å². The highest BCUT2D eigenvalue weighted by molar-refractivity contribution is 6.34. The second-order valence-electron chi connectivity index (χ2n) is 4.60. The number of benzene rings is 1. The van der Waals surface area contributed by atoms with Crippen LogP contribution in [0, 0.1) is 0 Å². The number of nitrogens with zero attached hydrogens (tertiary/aromatic N) is 1. The van der Waals surface area contributed by atoms with E-state index in [1.807, 2.05) is 18.2 Å². The minimum Gasteiger partial charge on any atom is -0.444 e. The predicted molar refractivity (Wildman–Crippen MR) is 78.7 cm³/mol. The molecule has 0 saturated heterocycles. The first-order valence-electron chi connectivity index (χ1n) is 6.09. The Bertz CT molecular complexity index is 642. The Hall–Kier alpha value is -1.71. The van der Waals surface area contributed by atoms with E-state index in [2.05, 4.69) is 0 Å². The first-order chi connectivity index (χ1) is 9.61. The summed E-state index contributed by atoms with van der Waals surface area (Å²) in [4.78, 5) is 13.5. The third kappa shape index (κ3) is 2.74. The third-order valence-electron chi connectivity index (χ3n) is 3.10. The number of carbonyl (C=O) groups is 1. The normalized spacial score (nSPS) is 16.0. The number of ether oxygens (including phenoxy) is 1. The molecular formula is C15H11Cl2NO2. The fraction of sp³-hybridized carbons (Fsp3) is 0.133. The molecule has 3 nitrogen and oxygen atoms in total. The summed E-state index contributed by atoms with van der Waals surface area (Å²) in [6, 6.07) is 5.09. The third-order valence-corrected chi connectivity index (χ3v) is 3.54. The number of allylic oxidation sites excluding steroid dienone is 3. The van der Waals surface area contributed by atoms with Crippen LogP contribution in [0.3, 0.4) is 0 Å². The molecule has 1 aromatic carbocycles. The minimum atomic E-state index is -0.378. The fourth-order valence-electron chi connectivity index (χ4n) is 2.18. The molecule has 0 fully saturated rings. The average Bonchev–Trinajstić information content (AvgIpc) is 2.95. The highest BCUT2D eigenvalue weighted by Gasteiger charge is 2.24. The molecule has 2 aliphatic rings. The summed E-state index contributed by atoms with van der Waals surface area (Å²) in [7, 11) is 0. The van der Waals surface area contributed by atoms with Gasteiger partial charge in [-0.05, 0) is 34.9 Å². The molecule has 5 heteroatoms. The van der Waals surface area contributed by atoms with E-state index < -0.39 is 0 Å². The van der Waals surface area contributed by atoms with Gasteiger partial charge in [0.15, 0.2) is 0 Å². The summed E-state index contributed by atoms with van der Waals surface area (Å²) < 4.78 is 5.26. The minimum absolute atomic E-state index is 0.147. The number of hydrogen-bond donors (Lipinski definition) is 0. The van der Waals surface area contributed by atoms with Gasteiger partial charge >= 0.3 is 6.09 Å². The standard InChI is InChI=1S/C15H11Cl2NO2/c16-13-4-10(5-14(17)6-13)9-20-15(19)18-7-11-2-1-3-12(11)8-18/h1-7H,8-9H2. The van der Waals surface area contributed by atoms with Crippen molar-refractivity contribution in [2.45, 2.75) is 6.61 Å². The van der Waals surface area contributed by atoms with Crippen LogP contribution in [0.15, 0.2) is 53.8 Å². The number of halogens is 2. The second-order valence-corrected chi connectivity index (χ2v) is 5.47. The highest BCUT2D eigenvalue weighted by atomic mass is 35.5. The molecule has 0 unspecified atom stereocenters. The molecule has 1 heterocycles. The van der Waals surface area contributed by atoms with Crippen LogP contribution >= 0.6 is 23.2 Å². The first kappa shape index (κ1) is 13.3. The zero-order valence-electron chi connectivity index (χ0n) is 10.5. The van der Waals surface area contributed by atoms with E-state index in [9.17, 15) is 4.79 Å². The van der Waals surface area contributed by atoms with Crippen molar-refractivity contribution < 1.29 is 9.53 Å². The maximum Gasteiger partial charge on any atom is 0.414 e. The van der Waals surface area contributed by atoms with Crippen LogP contribution in [0.4, 0.5) is 4.79 Å². The van der Waals surface area contributed by atoms with Crippen LogP contribution in [0.1, 0.15) is 5.56 Å². The molecule has 102 valence electrons. The molecule has 3 rings (SSSR count). The summed E-state index contributed by atoms with van der Waals surface area (Å²) in [6.45, 7) is 0.700. The molecule has 0 N–H and O–H groups in total. The van der Waals surface area contributed by atoms with Crippen LogP contribution < -0.4 is 0 Å². The number of carbonyl (C=O) groups excluding carboxylic acids is 1. The van der Waals surface area contributed by atoms with E-state index >= 15 is 0 Å². The molecule has 0 bridgehead atoms. The Balaban J connectivity index is 1.62. The number of fused-ring (bicyclic) bond motifs is 1. The van der Waals surface area contributed by atoms with Crippen molar-refractivity contribution in [3.63, 3.8) is 0 Å². The van der Waals surface area contributed by atoms with Crippen molar-refractivity contribution in [1.29, 1.82) is 0 Å². The predicted octanol–water partition coefficient (Wildman–Crippen LogP) is 4.33. The van der Waals surface area contributed by atoms with Gasteiger partial charge in [-0.15, -0.1) is 0 Å². The van der Waals surface area contributed by atoms with E-state index in [1.165, 1.54) is 0 Å². The van der Waals surface area contributed by atoms with Gasteiger partial charge in [-0.1, -0.05) is 41.4 Å². The summed E-state index contributed by atoms with van der Waals surface area (Å²) >= 11 is 11.8. The Labute approximate surface area is 126 Å². The number of hydrogen-bond acceptors (Lipinski definition) is 2. The smallest absolute Gasteiger partial charge is 0.414 e. The van der Waals surface area contributed by atoms with Crippen LogP contribution in [0.5, 0.6) is 0 Å². The van der Waals surface area contributed by atoms with Crippen molar-refractivity contribution in [2.75, 3.05) is 6.54 Å². The zero-order chi connectivity index (χ0) is 14.1. The molecule has 1 aromatic rings. The lowest BCUT2D eigenvalue weighted by Crippen LogP contribution is -2.24. The maximum absolute atomic E-state index is 12.0. The van der Waals surface area contributed by atoms with Gasteiger partial charge in [0.25, 0.3) is 0 Å². The van der Waals surface area contributed by atoms with E-state index in [0.29, 0.717) is 16.6 Å². The molecule has 0 atom stereocenters. The quantitative estimate of drug-likeness (QED) is 0.814. The lowest BCUT2D eigenvalue weighted by molar-refractivity contribution is 0.114. The van der Waals surface area contributed by atoms with Gasteiger partial charge in [-0.2, -0.15) is 0 Å². The molecule has 1 amide bonds. The second kappa shape index (κ2) is 5.35. The van der Waals surface area contributed by atoms with Crippen LogP contribution in [0.25, 0.3) is 0 Å². The maximum atomic E-state index is 12.0. The summed E-state index contributed by atoms with van der Waals surface area (Å²) in [5.74, 6) is 0. The molecule has 1 aliphatic carbocycles. The van der Waals surface area contributed by atoms with Gasteiger partial charge < -0.3 is 4.74 Å². The van der Waals surface area contributed by atoms with Gasteiger partial charge in [-0.25, -0.2) is 4.79 Å². The van der Waals surface area contributed by atoms with Gasteiger partial charge in [-0.3, -0.25) is 4.90 Å². The van der Waals surface area contributed by atoms with Crippen LogP contribution in [0.2, 0.25) is 10.0 Å². The Kier molecular flexibility index (Phi) is 3.55. The number of rotatable bonds is 2. The monoisotopic (exact) mass is 307 g/mol. The van der Waals surface area contributed by atoms with Crippen molar-refractivity contribution in [3.8, 4) is 0 Å². The summed E-state index contributed by atoms with van der Waals surface area (Å²) in [5.41, 5.74) is 2.96. The SMILES string of the molecule is O=C(OCc1cc(Cl)cc(Cl)c1)N1C=C2C=CC=C2C1. The van der Waals surface area contributed by atoms with Gasteiger partial charge in [0.2, 0.25) is 0 Å². The van der Waals surface area contributed by atoms with Crippen molar-refractivity contribution in [2.24, 2.45) is 0 Å². The average molecular weight is 308 g/mol. The van der Waals surface area contributed by atoms with Crippen molar-refractivity contribution in [3.05, 3.63) is 69.4 Å². The molecular weight excluding hydrogens is 297 g/mol. The molecule has 0 radical (unpaired) electrons. The van der Waals surface area contributed by atoms with Gasteiger partial charge in [0.1, 0.15) is 6.61 Å². The summed E-state index contributed by atoms with van der Waals surface area (Å²) in [5, 5.41) is 1.05. The first-order valence-corrected chi connectivity index (χ1v) is 6.85. The highest BCUT2D eigenvalue weighted by Crippen LogP contribution is 2.27. The van der Waals surface area contributed by atoms with Gasteiger partial charge in [0.05, 0.1) is 6.54 Å². The lowest BCUT2D eigenvalue weighted by Gasteiger charge is -2.13. The molecule has 0 spiro atoms. The van der Waals surface area contributed by atoms with E-state index in [0.717, 1.165) is 16.7 Å². The topological polar surface area (TPSA) is 29.5 Å². The Morgan fingerprint density at radius 1 is 1.25 bits per heavy atom. The van der Waals surface area contributed by atoms with E-state index in [1.54, 1.807) is 29.3 Å². The van der Waals surface area contributed by atoms with Crippen LogP contribution in [-0.4, -0.2) is 17.5 Å². The van der Waals surface area contributed by atoms with Crippen molar-refractivity contribution in [1.82, 2.24) is 4.90 Å². The largest absolute Gasteiger partial charge is 0.444 e. The van der Waals surface area contributed by atoms with Crippen molar-refractivity contribution >= 4 is 29.3 Å². The van der Waals surface area contributed by atoms with Gasteiger partial charge in [0, 0.05) is 16.2 Å². The molecule has 20 heavy (non-hydrogen) atoms. The van der Waals surface area contributed by atoms with Crippen LogP contribution in [-0.2, 0) is 11.3 Å².